The molecule has 3 aliphatic rings. The molecule has 0 spiro atoms. The highest BCUT2D eigenvalue weighted by Gasteiger charge is 2.40. The van der Waals surface area contributed by atoms with Gasteiger partial charge in [0.05, 0.1) is 21.4 Å². The van der Waals surface area contributed by atoms with Gasteiger partial charge in [0.2, 0.25) is 17.7 Å². The number of hydrogen-bond acceptors (Lipinski definition) is 6. The van der Waals surface area contributed by atoms with Crippen molar-refractivity contribution >= 4 is 23.6 Å². The van der Waals surface area contributed by atoms with Gasteiger partial charge in [0, 0.05) is 30.6 Å². The van der Waals surface area contributed by atoms with E-state index in [1.54, 1.807) is 0 Å². The van der Waals surface area contributed by atoms with E-state index in [2.05, 4.69) is 5.32 Å². The molecule has 0 aromatic heterocycles. The first-order valence-electron chi connectivity index (χ1n) is 13.8. The van der Waals surface area contributed by atoms with Crippen LogP contribution in [0.3, 0.4) is 0 Å². The van der Waals surface area contributed by atoms with Crippen LogP contribution in [0.15, 0.2) is 42.4 Å². The molecule has 0 aliphatic carbocycles. The van der Waals surface area contributed by atoms with Gasteiger partial charge in [0.25, 0.3) is 5.91 Å². The van der Waals surface area contributed by atoms with E-state index in [0.717, 1.165) is 11.0 Å². The van der Waals surface area contributed by atoms with Crippen molar-refractivity contribution in [1.29, 1.82) is 0 Å². The Morgan fingerprint density at radius 3 is 2.82 bits per heavy atom. The number of amides is 4. The van der Waals surface area contributed by atoms with Crippen molar-refractivity contribution in [3.05, 3.63) is 64.6 Å². The molecule has 2 atom stereocenters. The van der Waals surface area contributed by atoms with Gasteiger partial charge < -0.3 is 19.3 Å². The number of carbonyl (C=O) groups is 4. The van der Waals surface area contributed by atoms with Crippen molar-refractivity contribution in [2.24, 2.45) is 0 Å². The van der Waals surface area contributed by atoms with Crippen LogP contribution in [0.4, 0.5) is 0 Å². The zero-order chi connectivity index (χ0) is 28.9. The minimum absolute atomic E-state index is 0.0236. The second kappa shape index (κ2) is 9.26. The number of piperidine rings is 1. The van der Waals surface area contributed by atoms with Crippen LogP contribution in [-0.2, 0) is 38.7 Å². The van der Waals surface area contributed by atoms with Gasteiger partial charge in [0.1, 0.15) is 25.0 Å². The average Bonchev–Trinajstić information content (AvgIpc) is 3.23. The molecule has 0 radical (unpaired) electrons. The molecule has 5 rings (SSSR count). The van der Waals surface area contributed by atoms with E-state index in [0.29, 0.717) is 5.56 Å². The summed E-state index contributed by atoms with van der Waals surface area (Å²) in [6.45, 7) is -4.20. The maximum absolute atomic E-state index is 13.1. The van der Waals surface area contributed by atoms with Crippen molar-refractivity contribution in [1.82, 2.24) is 15.1 Å². The Kier molecular flexibility index (Phi) is 4.36. The number of benzene rings is 2. The van der Waals surface area contributed by atoms with Crippen molar-refractivity contribution in [3.63, 3.8) is 0 Å². The molecule has 34 heavy (non-hydrogen) atoms. The van der Waals surface area contributed by atoms with E-state index in [4.69, 9.17) is 17.7 Å². The lowest BCUT2D eigenvalue weighted by molar-refractivity contribution is -0.143. The Morgan fingerprint density at radius 1 is 1.15 bits per heavy atom. The SMILES string of the molecule is [2H]c1cc(C([2H])([2H])Oc2cccc3c2CN(C2CCC(=O)NC2=O)C3=O)c([2H])c([2H])c1C([2H])N1CCOCC1=O. The lowest BCUT2D eigenvalue weighted by Gasteiger charge is -2.29. The number of imide groups is 1. The van der Waals surface area contributed by atoms with Crippen LogP contribution >= 0.6 is 0 Å². The number of nitrogens with zero attached hydrogens (tertiary/aromatic N) is 2. The summed E-state index contributed by atoms with van der Waals surface area (Å²) in [6.07, 6.45) is 0.232. The van der Waals surface area contributed by atoms with Gasteiger partial charge in [-0.15, -0.1) is 0 Å². The first-order valence-corrected chi connectivity index (χ1v) is 10.8. The first kappa shape index (κ1) is 16.0. The molecular weight excluding hydrogens is 438 g/mol. The normalized spacial score (nSPS) is 24.3. The fourth-order valence-electron chi connectivity index (χ4n) is 4.07. The molecule has 176 valence electrons. The Morgan fingerprint density at radius 2 is 2.00 bits per heavy atom. The van der Waals surface area contributed by atoms with Crippen LogP contribution in [0.25, 0.3) is 0 Å². The van der Waals surface area contributed by atoms with Crippen LogP contribution in [0, 0.1) is 0 Å². The zero-order valence-electron chi connectivity index (χ0n) is 24.1. The summed E-state index contributed by atoms with van der Waals surface area (Å²) in [4.78, 5) is 51.6. The molecule has 2 unspecified atom stereocenters. The average molecular weight is 470 g/mol. The Hall–Kier alpha value is -3.72. The fraction of sp³-hybridized carbons (Fsp3) is 0.360. The smallest absolute Gasteiger partial charge is 0.255 e. The van der Waals surface area contributed by atoms with Crippen LogP contribution < -0.4 is 10.1 Å². The number of rotatable bonds is 6. The summed E-state index contributed by atoms with van der Waals surface area (Å²) >= 11 is 0. The summed E-state index contributed by atoms with van der Waals surface area (Å²) in [6, 6.07) is 2.98. The molecule has 1 N–H and O–H groups in total. The summed E-state index contributed by atoms with van der Waals surface area (Å²) in [5, 5.41) is 2.22. The van der Waals surface area contributed by atoms with E-state index < -0.39 is 66.4 Å². The van der Waals surface area contributed by atoms with Crippen molar-refractivity contribution in [2.75, 3.05) is 19.8 Å². The van der Waals surface area contributed by atoms with Crippen molar-refractivity contribution < 1.29 is 36.9 Å². The topological polar surface area (TPSA) is 105 Å². The molecule has 0 saturated carbocycles. The van der Waals surface area contributed by atoms with Gasteiger partial charge in [-0.05, 0) is 29.7 Å². The van der Waals surface area contributed by atoms with Gasteiger partial charge >= 0.3 is 0 Å². The molecule has 9 nitrogen and oxygen atoms in total. The predicted molar refractivity (Wildman–Crippen MR) is 119 cm³/mol. The van der Waals surface area contributed by atoms with E-state index in [1.165, 1.54) is 23.1 Å². The van der Waals surface area contributed by atoms with Gasteiger partial charge in [-0.2, -0.15) is 0 Å². The quantitative estimate of drug-likeness (QED) is 0.641. The molecule has 2 aromatic rings. The molecule has 3 heterocycles. The summed E-state index contributed by atoms with van der Waals surface area (Å²) in [5.74, 6) is -1.99. The van der Waals surface area contributed by atoms with Crippen LogP contribution in [0.2, 0.25) is 0 Å². The largest absolute Gasteiger partial charge is 0.489 e. The third-order valence-electron chi connectivity index (χ3n) is 5.82. The van der Waals surface area contributed by atoms with Crippen molar-refractivity contribution in [3.8, 4) is 5.75 Å². The summed E-state index contributed by atoms with van der Waals surface area (Å²) < 4.78 is 61.7. The maximum Gasteiger partial charge on any atom is 0.255 e. The van der Waals surface area contributed by atoms with Crippen LogP contribution in [0.5, 0.6) is 5.75 Å². The highest BCUT2D eigenvalue weighted by molar-refractivity contribution is 6.05. The molecule has 2 saturated heterocycles. The van der Waals surface area contributed by atoms with E-state index in [9.17, 15) is 19.2 Å². The third kappa shape index (κ3) is 4.38. The number of morpholine rings is 1. The van der Waals surface area contributed by atoms with Crippen LogP contribution in [0.1, 0.15) is 48.1 Å². The van der Waals surface area contributed by atoms with Gasteiger partial charge in [0.15, 0.2) is 0 Å². The van der Waals surface area contributed by atoms with Gasteiger partial charge in [-0.25, -0.2) is 0 Å². The lowest BCUT2D eigenvalue weighted by Crippen LogP contribution is -2.52. The highest BCUT2D eigenvalue weighted by atomic mass is 16.5. The summed E-state index contributed by atoms with van der Waals surface area (Å²) in [7, 11) is 0. The van der Waals surface area contributed by atoms with Gasteiger partial charge in [-0.3, -0.25) is 24.5 Å². The minimum Gasteiger partial charge on any atom is -0.489 e. The fourth-order valence-corrected chi connectivity index (χ4v) is 4.07. The third-order valence-corrected chi connectivity index (χ3v) is 5.82. The lowest BCUT2D eigenvalue weighted by atomic mass is 10.0. The molecule has 3 aliphatic heterocycles. The molecule has 0 bridgehead atoms. The minimum atomic E-state index is -2.73. The van der Waals surface area contributed by atoms with Crippen molar-refractivity contribution in [2.45, 2.75) is 38.5 Å². The van der Waals surface area contributed by atoms with E-state index >= 15 is 0 Å². The number of hydrogen-bond donors (Lipinski definition) is 1. The monoisotopic (exact) mass is 469 g/mol. The Labute approximate surface area is 205 Å². The molecule has 9 heteroatoms. The molecular formula is C25H25N3O6. The number of carbonyl (C=O) groups excluding carboxylic acids is 4. The molecule has 2 fully saturated rings. The standard InChI is InChI=1S/C25H25N3O6/c29-22-9-8-20(24(31)26-22)28-13-19-18(25(28)32)2-1-3-21(19)34-14-17-6-4-16(5-7-17)12-27-10-11-33-15-23(27)30/h1-7,20H,8-15H2,(H,26,29,31)/i4D,5D,6D,12D,14D2. The highest BCUT2D eigenvalue weighted by Crippen LogP contribution is 2.34. The zero-order valence-corrected chi connectivity index (χ0v) is 18.1. The number of nitrogens with one attached hydrogen (secondary N) is 1. The van der Waals surface area contributed by atoms with E-state index in [1.807, 2.05) is 0 Å². The summed E-state index contributed by atoms with van der Waals surface area (Å²) in [5.41, 5.74) is -0.130. The number of ether oxygens (including phenoxy) is 2. The Bertz CT molecular complexity index is 1440. The molecule has 4 amide bonds. The second-order valence-electron chi connectivity index (χ2n) is 8.02. The van der Waals surface area contributed by atoms with Crippen LogP contribution in [-0.4, -0.2) is 59.2 Å². The predicted octanol–water partition coefficient (Wildman–Crippen LogP) is 1.39. The second-order valence-corrected chi connectivity index (χ2v) is 8.02. The molecule has 2 aromatic carbocycles. The first-order chi connectivity index (χ1) is 18.9. The number of fused-ring (bicyclic) bond motifs is 1. The van der Waals surface area contributed by atoms with E-state index in [-0.39, 0.29) is 56.0 Å². The Balaban J connectivity index is 1.43. The van der Waals surface area contributed by atoms with Gasteiger partial charge in [-0.1, -0.05) is 30.3 Å². The maximum atomic E-state index is 13.1.